The largest absolute Gasteiger partial charge is 0.489 e. The molecule has 34 heavy (non-hydrogen) atoms. The minimum atomic E-state index is -0.618. The molecule has 0 aromatic heterocycles. The van der Waals surface area contributed by atoms with Crippen LogP contribution in [0.3, 0.4) is 0 Å². The molecule has 0 saturated heterocycles. The molecule has 0 atom stereocenters. The molecule has 7 nitrogen and oxygen atoms in total. The Morgan fingerprint density at radius 2 is 1.56 bits per heavy atom. The van der Waals surface area contributed by atoms with E-state index in [4.69, 9.17) is 9.47 Å². The van der Waals surface area contributed by atoms with Crippen LogP contribution in [-0.2, 0) is 16.1 Å². The van der Waals surface area contributed by atoms with Crippen LogP contribution in [0, 0.1) is 0 Å². The predicted molar refractivity (Wildman–Crippen MR) is 130 cm³/mol. The van der Waals surface area contributed by atoms with Crippen molar-refractivity contribution in [1.82, 2.24) is 4.90 Å². The molecule has 2 amide bonds. The van der Waals surface area contributed by atoms with Gasteiger partial charge in [-0.2, -0.15) is 0 Å². The molecular formula is C27H28N2O5. The van der Waals surface area contributed by atoms with Crippen LogP contribution in [0.25, 0.3) is 0 Å². The summed E-state index contributed by atoms with van der Waals surface area (Å²) in [7, 11) is 0. The number of amides is 2. The highest BCUT2D eigenvalue weighted by molar-refractivity contribution is 5.98. The van der Waals surface area contributed by atoms with Gasteiger partial charge in [-0.3, -0.25) is 9.59 Å². The number of esters is 1. The molecule has 0 unspecified atom stereocenters. The molecule has 7 heteroatoms. The van der Waals surface area contributed by atoms with Crippen molar-refractivity contribution in [2.45, 2.75) is 20.5 Å². The van der Waals surface area contributed by atoms with Gasteiger partial charge in [-0.15, -0.1) is 0 Å². The Kier molecular flexibility index (Phi) is 8.80. The first-order chi connectivity index (χ1) is 16.5. The minimum absolute atomic E-state index is 0.109. The quantitative estimate of drug-likeness (QED) is 0.449. The summed E-state index contributed by atoms with van der Waals surface area (Å²) in [6.45, 7) is 4.75. The molecule has 0 spiro atoms. The number of hydrogen-bond donors (Lipinski definition) is 1. The second kappa shape index (κ2) is 12.2. The average molecular weight is 461 g/mol. The maximum Gasteiger partial charge on any atom is 0.339 e. The lowest BCUT2D eigenvalue weighted by molar-refractivity contribution is -0.119. The van der Waals surface area contributed by atoms with Gasteiger partial charge in [0.2, 0.25) is 0 Å². The molecule has 0 aliphatic carbocycles. The first-order valence-corrected chi connectivity index (χ1v) is 11.1. The van der Waals surface area contributed by atoms with Crippen LogP contribution >= 0.6 is 0 Å². The van der Waals surface area contributed by atoms with E-state index < -0.39 is 18.5 Å². The number of benzene rings is 3. The molecule has 0 heterocycles. The maximum atomic E-state index is 12.6. The van der Waals surface area contributed by atoms with Gasteiger partial charge in [-0.1, -0.05) is 42.5 Å². The van der Waals surface area contributed by atoms with Crippen LogP contribution in [0.2, 0.25) is 0 Å². The van der Waals surface area contributed by atoms with Gasteiger partial charge in [0.05, 0.1) is 5.56 Å². The number of hydrogen-bond acceptors (Lipinski definition) is 5. The standard InChI is InChI=1S/C27H28N2O5/c1-3-29(4-2)26(31)20-12-10-13-22(17-20)28-25(30)19-34-27(32)24-16-9-8-11-21(24)18-33-23-14-6-5-7-15-23/h5-17H,3-4,18-19H2,1-2H3,(H,28,30). The van der Waals surface area contributed by atoms with Gasteiger partial charge in [-0.25, -0.2) is 4.79 Å². The fraction of sp³-hybridized carbons (Fsp3) is 0.222. The van der Waals surface area contributed by atoms with Crippen LogP contribution < -0.4 is 10.1 Å². The average Bonchev–Trinajstić information content (AvgIpc) is 2.87. The van der Waals surface area contributed by atoms with E-state index in [1.54, 1.807) is 53.4 Å². The fourth-order valence-corrected chi connectivity index (χ4v) is 3.35. The Morgan fingerprint density at radius 3 is 2.29 bits per heavy atom. The highest BCUT2D eigenvalue weighted by Crippen LogP contribution is 2.16. The van der Waals surface area contributed by atoms with E-state index in [1.165, 1.54) is 0 Å². The zero-order chi connectivity index (χ0) is 24.3. The normalized spacial score (nSPS) is 10.3. The van der Waals surface area contributed by atoms with Crippen molar-refractivity contribution in [3.05, 3.63) is 95.6 Å². The van der Waals surface area contributed by atoms with Gasteiger partial charge >= 0.3 is 5.97 Å². The molecule has 0 radical (unpaired) electrons. The first-order valence-electron chi connectivity index (χ1n) is 11.1. The van der Waals surface area contributed by atoms with Crippen LogP contribution in [0.4, 0.5) is 5.69 Å². The lowest BCUT2D eigenvalue weighted by Crippen LogP contribution is -2.30. The van der Waals surface area contributed by atoms with Gasteiger partial charge in [0.1, 0.15) is 12.4 Å². The number of rotatable bonds is 10. The minimum Gasteiger partial charge on any atom is -0.489 e. The van der Waals surface area contributed by atoms with Crippen LogP contribution in [0.15, 0.2) is 78.9 Å². The summed E-state index contributed by atoms with van der Waals surface area (Å²) in [5.41, 5.74) is 1.92. The predicted octanol–water partition coefficient (Wildman–Crippen LogP) is 4.54. The first kappa shape index (κ1) is 24.5. The van der Waals surface area contributed by atoms with E-state index in [0.29, 0.717) is 41.2 Å². The van der Waals surface area contributed by atoms with E-state index >= 15 is 0 Å². The molecule has 0 fully saturated rings. The maximum absolute atomic E-state index is 12.6. The van der Waals surface area contributed by atoms with Crippen molar-refractivity contribution in [3.8, 4) is 5.75 Å². The molecule has 3 rings (SSSR count). The summed E-state index contributed by atoms with van der Waals surface area (Å²) in [6, 6.07) is 22.9. The van der Waals surface area contributed by atoms with Crippen molar-refractivity contribution in [2.24, 2.45) is 0 Å². The fourth-order valence-electron chi connectivity index (χ4n) is 3.35. The molecule has 0 saturated carbocycles. The van der Waals surface area contributed by atoms with E-state index in [9.17, 15) is 14.4 Å². The molecule has 3 aromatic rings. The summed E-state index contributed by atoms with van der Waals surface area (Å²) < 4.78 is 11.0. The summed E-state index contributed by atoms with van der Waals surface area (Å²) in [5.74, 6) is -0.541. The van der Waals surface area contributed by atoms with E-state index in [2.05, 4.69) is 5.32 Å². The number of carbonyl (C=O) groups is 3. The molecule has 0 aliphatic heterocycles. The lowest BCUT2D eigenvalue weighted by Gasteiger charge is -2.19. The Balaban J connectivity index is 1.57. The van der Waals surface area contributed by atoms with Crippen molar-refractivity contribution in [2.75, 3.05) is 25.0 Å². The molecule has 0 bridgehead atoms. The van der Waals surface area contributed by atoms with Crippen LogP contribution in [0.5, 0.6) is 5.75 Å². The van der Waals surface area contributed by atoms with Crippen molar-refractivity contribution in [1.29, 1.82) is 0 Å². The summed E-state index contributed by atoms with van der Waals surface area (Å²) in [5, 5.41) is 2.67. The highest BCUT2D eigenvalue weighted by atomic mass is 16.5. The van der Waals surface area contributed by atoms with Crippen molar-refractivity contribution >= 4 is 23.5 Å². The Labute approximate surface area is 199 Å². The number of nitrogens with one attached hydrogen (secondary N) is 1. The molecule has 1 N–H and O–H groups in total. The van der Waals surface area contributed by atoms with Crippen LogP contribution in [-0.4, -0.2) is 42.4 Å². The number of nitrogens with zero attached hydrogens (tertiary/aromatic N) is 1. The second-order valence-corrected chi connectivity index (χ2v) is 7.44. The van der Waals surface area contributed by atoms with Gasteiger partial charge in [0.25, 0.3) is 11.8 Å². The molecule has 0 aliphatic rings. The number of ether oxygens (including phenoxy) is 2. The van der Waals surface area contributed by atoms with Gasteiger partial charge in [0.15, 0.2) is 6.61 Å². The zero-order valence-corrected chi connectivity index (χ0v) is 19.3. The summed E-state index contributed by atoms with van der Waals surface area (Å²) in [4.78, 5) is 39.2. The third-order valence-corrected chi connectivity index (χ3v) is 5.15. The van der Waals surface area contributed by atoms with E-state index in [1.807, 2.05) is 44.2 Å². The second-order valence-electron chi connectivity index (χ2n) is 7.44. The van der Waals surface area contributed by atoms with Crippen molar-refractivity contribution < 1.29 is 23.9 Å². The molecular weight excluding hydrogens is 432 g/mol. The van der Waals surface area contributed by atoms with Gasteiger partial charge < -0.3 is 19.7 Å². The number of para-hydroxylation sites is 1. The monoisotopic (exact) mass is 460 g/mol. The van der Waals surface area contributed by atoms with Gasteiger partial charge in [0, 0.05) is 29.9 Å². The van der Waals surface area contributed by atoms with Gasteiger partial charge in [-0.05, 0) is 50.2 Å². The smallest absolute Gasteiger partial charge is 0.339 e. The lowest BCUT2D eigenvalue weighted by atomic mass is 10.1. The van der Waals surface area contributed by atoms with E-state index in [0.717, 1.165) is 0 Å². The Morgan fingerprint density at radius 1 is 0.853 bits per heavy atom. The number of carbonyl (C=O) groups excluding carboxylic acids is 3. The zero-order valence-electron chi connectivity index (χ0n) is 19.3. The summed E-state index contributed by atoms with van der Waals surface area (Å²) >= 11 is 0. The third kappa shape index (κ3) is 6.68. The van der Waals surface area contributed by atoms with E-state index in [-0.39, 0.29) is 12.5 Å². The highest BCUT2D eigenvalue weighted by Gasteiger charge is 2.16. The molecule has 176 valence electrons. The van der Waals surface area contributed by atoms with Crippen molar-refractivity contribution in [3.63, 3.8) is 0 Å². The SMILES string of the molecule is CCN(CC)C(=O)c1cccc(NC(=O)COC(=O)c2ccccc2COc2ccccc2)c1. The number of anilines is 1. The van der Waals surface area contributed by atoms with Crippen LogP contribution in [0.1, 0.15) is 40.1 Å². The Hall–Kier alpha value is -4.13. The topological polar surface area (TPSA) is 84.9 Å². The molecule has 3 aromatic carbocycles. The summed E-state index contributed by atoms with van der Waals surface area (Å²) in [6.07, 6.45) is 0. The Bertz CT molecular complexity index is 1130. The third-order valence-electron chi connectivity index (χ3n) is 5.15.